The quantitative estimate of drug-likeness (QED) is 0.768. The van der Waals surface area contributed by atoms with Crippen LogP contribution in [0.25, 0.3) is 0 Å². The standard InChI is InChI=1S/C20H21N3O3S/c1-25-16-8-15(9-17(10-16)26-2)22-19(24)12-27-20-14(11-21)7-13-5-3-4-6-18(13)23-20/h7-10H,3-6,12H2,1-2H3,(H,22,24). The third-order valence-corrected chi connectivity index (χ3v) is 5.35. The van der Waals surface area contributed by atoms with Crippen LogP contribution in [0.4, 0.5) is 5.69 Å². The first-order valence-electron chi connectivity index (χ1n) is 8.71. The summed E-state index contributed by atoms with van der Waals surface area (Å²) in [5.41, 5.74) is 3.35. The predicted molar refractivity (Wildman–Crippen MR) is 104 cm³/mol. The molecule has 0 unspecified atom stereocenters. The minimum atomic E-state index is -0.182. The summed E-state index contributed by atoms with van der Waals surface area (Å²) in [4.78, 5) is 17.0. The Bertz CT molecular complexity index is 871. The molecule has 140 valence electrons. The van der Waals surface area contributed by atoms with Crippen LogP contribution in [0.3, 0.4) is 0 Å². The first-order valence-corrected chi connectivity index (χ1v) is 9.70. The van der Waals surface area contributed by atoms with Gasteiger partial charge in [-0.3, -0.25) is 4.79 Å². The number of ether oxygens (including phenoxy) is 2. The average molecular weight is 383 g/mol. The highest BCUT2D eigenvalue weighted by molar-refractivity contribution is 8.00. The van der Waals surface area contributed by atoms with Crippen LogP contribution < -0.4 is 14.8 Å². The van der Waals surface area contributed by atoms with Crippen LogP contribution in [0, 0.1) is 11.3 Å². The maximum atomic E-state index is 12.3. The number of aryl methyl sites for hydroxylation is 2. The lowest BCUT2D eigenvalue weighted by Gasteiger charge is -2.16. The van der Waals surface area contributed by atoms with Crippen LogP contribution in [-0.4, -0.2) is 30.9 Å². The number of hydrogen-bond donors (Lipinski definition) is 1. The van der Waals surface area contributed by atoms with Crippen molar-refractivity contribution in [3.8, 4) is 17.6 Å². The molecule has 1 amide bonds. The molecule has 2 aromatic rings. The highest BCUT2D eigenvalue weighted by Crippen LogP contribution is 2.28. The number of methoxy groups -OCH3 is 2. The van der Waals surface area contributed by atoms with Crippen molar-refractivity contribution in [3.05, 3.63) is 41.1 Å². The van der Waals surface area contributed by atoms with Gasteiger partial charge >= 0.3 is 0 Å². The third-order valence-electron chi connectivity index (χ3n) is 4.36. The van der Waals surface area contributed by atoms with Crippen molar-refractivity contribution in [2.75, 3.05) is 25.3 Å². The lowest BCUT2D eigenvalue weighted by Crippen LogP contribution is -2.15. The number of carbonyl (C=O) groups excluding carboxylic acids is 1. The first kappa shape index (κ1) is 19.1. The molecule has 0 spiro atoms. The highest BCUT2D eigenvalue weighted by atomic mass is 32.2. The number of benzene rings is 1. The minimum Gasteiger partial charge on any atom is -0.497 e. The molecule has 6 nitrogen and oxygen atoms in total. The number of anilines is 1. The van der Waals surface area contributed by atoms with Crippen molar-refractivity contribution >= 4 is 23.4 Å². The second-order valence-electron chi connectivity index (χ2n) is 6.20. The van der Waals surface area contributed by atoms with Gasteiger partial charge in [0, 0.05) is 29.6 Å². The fourth-order valence-electron chi connectivity index (χ4n) is 3.02. The highest BCUT2D eigenvalue weighted by Gasteiger charge is 2.16. The number of nitrogens with zero attached hydrogens (tertiary/aromatic N) is 2. The van der Waals surface area contributed by atoms with E-state index in [2.05, 4.69) is 16.4 Å². The van der Waals surface area contributed by atoms with Gasteiger partial charge in [-0.15, -0.1) is 0 Å². The van der Waals surface area contributed by atoms with Crippen LogP contribution in [0.5, 0.6) is 11.5 Å². The third kappa shape index (κ3) is 4.72. The zero-order chi connectivity index (χ0) is 19.2. The predicted octanol–water partition coefficient (Wildman–Crippen LogP) is 3.58. The number of pyridine rings is 1. The molecule has 1 aliphatic rings. The van der Waals surface area contributed by atoms with Gasteiger partial charge in [-0.05, 0) is 37.3 Å². The number of carbonyl (C=O) groups is 1. The van der Waals surface area contributed by atoms with Crippen molar-refractivity contribution in [3.63, 3.8) is 0 Å². The number of aromatic nitrogens is 1. The lowest BCUT2D eigenvalue weighted by atomic mass is 9.95. The van der Waals surface area contributed by atoms with Gasteiger partial charge in [0.15, 0.2) is 0 Å². The molecule has 27 heavy (non-hydrogen) atoms. The van der Waals surface area contributed by atoms with Crippen molar-refractivity contribution in [1.29, 1.82) is 5.26 Å². The molecule has 1 N–H and O–H groups in total. The Morgan fingerprint density at radius 1 is 1.19 bits per heavy atom. The fraction of sp³-hybridized carbons (Fsp3) is 0.350. The molecule has 1 aromatic carbocycles. The van der Waals surface area contributed by atoms with E-state index in [-0.39, 0.29) is 11.7 Å². The van der Waals surface area contributed by atoms with E-state index in [0.29, 0.717) is 27.8 Å². The van der Waals surface area contributed by atoms with E-state index in [1.807, 2.05) is 6.07 Å². The summed E-state index contributed by atoms with van der Waals surface area (Å²) in [6.45, 7) is 0. The van der Waals surface area contributed by atoms with Gasteiger partial charge in [0.2, 0.25) is 5.91 Å². The number of nitriles is 1. The van der Waals surface area contributed by atoms with Crippen molar-refractivity contribution in [1.82, 2.24) is 4.98 Å². The number of nitrogens with one attached hydrogen (secondary N) is 1. The average Bonchev–Trinajstić information content (AvgIpc) is 2.71. The molecule has 7 heteroatoms. The minimum absolute atomic E-state index is 0.167. The fourth-order valence-corrected chi connectivity index (χ4v) is 3.79. The second-order valence-corrected chi connectivity index (χ2v) is 7.17. The van der Waals surface area contributed by atoms with E-state index in [1.165, 1.54) is 11.8 Å². The smallest absolute Gasteiger partial charge is 0.234 e. The van der Waals surface area contributed by atoms with Crippen LogP contribution >= 0.6 is 11.8 Å². The van der Waals surface area contributed by atoms with Gasteiger partial charge in [0.25, 0.3) is 0 Å². The van der Waals surface area contributed by atoms with E-state index < -0.39 is 0 Å². The number of thioether (sulfide) groups is 1. The molecule has 0 bridgehead atoms. The van der Waals surface area contributed by atoms with Crippen molar-refractivity contribution < 1.29 is 14.3 Å². The number of hydrogen-bond acceptors (Lipinski definition) is 6. The van der Waals surface area contributed by atoms with E-state index in [0.717, 1.165) is 36.9 Å². The van der Waals surface area contributed by atoms with E-state index >= 15 is 0 Å². The molecular weight excluding hydrogens is 362 g/mol. The van der Waals surface area contributed by atoms with Crippen LogP contribution in [0.1, 0.15) is 29.7 Å². The molecule has 0 saturated carbocycles. The SMILES string of the molecule is COc1cc(NC(=O)CSc2nc3c(cc2C#N)CCCC3)cc(OC)c1. The van der Waals surface area contributed by atoms with Gasteiger partial charge < -0.3 is 14.8 Å². The zero-order valence-electron chi connectivity index (χ0n) is 15.4. The summed E-state index contributed by atoms with van der Waals surface area (Å²) in [7, 11) is 3.11. The Balaban J connectivity index is 1.68. The normalized spacial score (nSPS) is 12.6. The first-order chi connectivity index (χ1) is 13.1. The van der Waals surface area contributed by atoms with Crippen LogP contribution in [0.15, 0.2) is 29.3 Å². The maximum Gasteiger partial charge on any atom is 0.234 e. The summed E-state index contributed by atoms with van der Waals surface area (Å²) in [5, 5.41) is 12.9. The van der Waals surface area contributed by atoms with Crippen molar-refractivity contribution in [2.24, 2.45) is 0 Å². The van der Waals surface area contributed by atoms with Gasteiger partial charge in [-0.2, -0.15) is 5.26 Å². The van der Waals surface area contributed by atoms with E-state index in [1.54, 1.807) is 32.4 Å². The Kier molecular flexibility index (Phi) is 6.20. The van der Waals surface area contributed by atoms with Gasteiger partial charge in [0.1, 0.15) is 22.6 Å². The Labute approximate surface area is 162 Å². The monoisotopic (exact) mass is 383 g/mol. The van der Waals surface area contributed by atoms with Crippen LogP contribution in [0.2, 0.25) is 0 Å². The number of rotatable bonds is 6. The summed E-state index contributed by atoms with van der Waals surface area (Å²) in [6.07, 6.45) is 4.16. The Hall–Kier alpha value is -2.72. The van der Waals surface area contributed by atoms with E-state index in [4.69, 9.17) is 9.47 Å². The molecule has 1 aromatic heterocycles. The molecule has 0 aliphatic heterocycles. The van der Waals surface area contributed by atoms with E-state index in [9.17, 15) is 10.1 Å². The molecular formula is C20H21N3O3S. The summed E-state index contributed by atoms with van der Waals surface area (Å²) < 4.78 is 10.4. The molecule has 1 aliphatic carbocycles. The molecule has 0 saturated heterocycles. The Morgan fingerprint density at radius 3 is 2.56 bits per heavy atom. The molecule has 3 rings (SSSR count). The summed E-state index contributed by atoms with van der Waals surface area (Å²) >= 11 is 1.28. The second kappa shape index (κ2) is 8.78. The largest absolute Gasteiger partial charge is 0.497 e. The lowest BCUT2D eigenvalue weighted by molar-refractivity contribution is -0.113. The van der Waals surface area contributed by atoms with Crippen molar-refractivity contribution in [2.45, 2.75) is 30.7 Å². The maximum absolute atomic E-state index is 12.3. The van der Waals surface area contributed by atoms with Gasteiger partial charge in [0.05, 0.1) is 25.5 Å². The summed E-state index contributed by atoms with van der Waals surface area (Å²) in [5.74, 6) is 1.18. The molecule has 0 fully saturated rings. The Morgan fingerprint density at radius 2 is 1.89 bits per heavy atom. The topological polar surface area (TPSA) is 84.2 Å². The molecule has 0 radical (unpaired) electrons. The van der Waals surface area contributed by atoms with Gasteiger partial charge in [-0.25, -0.2) is 4.98 Å². The van der Waals surface area contributed by atoms with Crippen LogP contribution in [-0.2, 0) is 17.6 Å². The molecule has 0 atom stereocenters. The zero-order valence-corrected chi connectivity index (χ0v) is 16.2. The molecule has 1 heterocycles. The summed E-state index contributed by atoms with van der Waals surface area (Å²) in [6, 6.07) is 9.31. The number of amides is 1. The van der Waals surface area contributed by atoms with Gasteiger partial charge in [-0.1, -0.05) is 11.8 Å². The number of fused-ring (bicyclic) bond motifs is 1.